The highest BCUT2D eigenvalue weighted by Crippen LogP contribution is 2.14. The molecule has 0 saturated heterocycles. The van der Waals surface area contributed by atoms with Gasteiger partial charge in [-0.15, -0.1) is 0 Å². The predicted octanol–water partition coefficient (Wildman–Crippen LogP) is 1.57. The van der Waals surface area contributed by atoms with Gasteiger partial charge in [-0.25, -0.2) is 17.5 Å². The maximum Gasteiger partial charge on any atom is 0.240 e. The average molecular weight is 275 g/mol. The molecular weight excluding hydrogens is 257 g/mol. The van der Waals surface area contributed by atoms with Gasteiger partial charge in [0, 0.05) is 6.54 Å². The van der Waals surface area contributed by atoms with Gasteiger partial charge < -0.3 is 5.11 Å². The molecule has 0 spiro atoms. The number of rotatable bonds is 6. The summed E-state index contributed by atoms with van der Waals surface area (Å²) >= 11 is 0. The first-order valence-electron chi connectivity index (χ1n) is 5.77. The molecule has 4 nitrogen and oxygen atoms in total. The van der Waals surface area contributed by atoms with Crippen molar-refractivity contribution in [3.8, 4) is 0 Å². The molecule has 1 aromatic carbocycles. The van der Waals surface area contributed by atoms with E-state index in [1.807, 2.05) is 0 Å². The van der Waals surface area contributed by atoms with E-state index < -0.39 is 21.9 Å². The second kappa shape index (κ2) is 6.26. The number of aryl methyl sites for hydroxylation is 1. The molecule has 1 atom stereocenters. The number of nitrogens with one attached hydrogen (secondary N) is 1. The van der Waals surface area contributed by atoms with E-state index in [2.05, 4.69) is 4.72 Å². The first-order chi connectivity index (χ1) is 8.33. The zero-order chi connectivity index (χ0) is 13.8. The molecule has 1 unspecified atom stereocenters. The molecule has 0 aliphatic carbocycles. The van der Waals surface area contributed by atoms with E-state index in [4.69, 9.17) is 5.11 Å². The number of sulfonamides is 1. The Hall–Kier alpha value is -0.980. The zero-order valence-electron chi connectivity index (χ0n) is 10.5. The Bertz CT molecular complexity index is 500. The molecule has 18 heavy (non-hydrogen) atoms. The Balaban J connectivity index is 2.66. The Morgan fingerprint density at radius 3 is 2.67 bits per heavy atom. The summed E-state index contributed by atoms with van der Waals surface area (Å²) in [5.74, 6) is -0.540. The van der Waals surface area contributed by atoms with Gasteiger partial charge in [0.25, 0.3) is 0 Å². The van der Waals surface area contributed by atoms with Gasteiger partial charge in [-0.05, 0) is 44.4 Å². The first kappa shape index (κ1) is 15.1. The van der Waals surface area contributed by atoms with Crippen molar-refractivity contribution in [3.63, 3.8) is 0 Å². The fourth-order valence-electron chi connectivity index (χ4n) is 1.43. The predicted molar refractivity (Wildman–Crippen MR) is 67.2 cm³/mol. The van der Waals surface area contributed by atoms with Gasteiger partial charge in [-0.2, -0.15) is 0 Å². The van der Waals surface area contributed by atoms with Crippen LogP contribution in [-0.4, -0.2) is 26.2 Å². The minimum absolute atomic E-state index is 0.0809. The van der Waals surface area contributed by atoms with E-state index >= 15 is 0 Å². The van der Waals surface area contributed by atoms with Crippen molar-refractivity contribution in [2.75, 3.05) is 6.54 Å². The highest BCUT2D eigenvalue weighted by Gasteiger charge is 2.14. The van der Waals surface area contributed by atoms with Crippen molar-refractivity contribution in [1.82, 2.24) is 4.72 Å². The van der Waals surface area contributed by atoms with Crippen LogP contribution in [0.25, 0.3) is 0 Å². The molecule has 0 amide bonds. The summed E-state index contributed by atoms with van der Waals surface area (Å²) in [7, 11) is -3.67. The van der Waals surface area contributed by atoms with Crippen LogP contribution in [0.5, 0.6) is 0 Å². The summed E-state index contributed by atoms with van der Waals surface area (Å²) in [6, 6.07) is 3.81. The number of aliphatic hydroxyl groups excluding tert-OH is 1. The van der Waals surface area contributed by atoms with E-state index in [1.54, 1.807) is 13.8 Å². The third-order valence-corrected chi connectivity index (χ3v) is 4.00. The molecule has 2 N–H and O–H groups in total. The molecule has 1 aromatic rings. The lowest BCUT2D eigenvalue weighted by Crippen LogP contribution is -2.25. The molecule has 0 radical (unpaired) electrons. The van der Waals surface area contributed by atoms with Crippen LogP contribution in [0.4, 0.5) is 4.39 Å². The number of halogens is 1. The Labute approximate surface area is 107 Å². The summed E-state index contributed by atoms with van der Waals surface area (Å²) < 4.78 is 39.3. The van der Waals surface area contributed by atoms with Crippen LogP contribution < -0.4 is 4.72 Å². The standard InChI is InChI=1S/C12H18FNO3S/c1-9-5-6-11(8-12(9)13)18(16,17)14-7-3-4-10(2)15/h5-6,8,10,14-15H,3-4,7H2,1-2H3. The van der Waals surface area contributed by atoms with Crippen LogP contribution in [0.3, 0.4) is 0 Å². The lowest BCUT2D eigenvalue weighted by molar-refractivity contribution is 0.182. The summed E-state index contributed by atoms with van der Waals surface area (Å²) in [5, 5.41) is 9.04. The Morgan fingerprint density at radius 2 is 2.11 bits per heavy atom. The second-order valence-corrected chi connectivity index (χ2v) is 6.07. The fourth-order valence-corrected chi connectivity index (χ4v) is 2.51. The largest absolute Gasteiger partial charge is 0.393 e. The first-order valence-corrected chi connectivity index (χ1v) is 7.25. The number of hydrogen-bond donors (Lipinski definition) is 2. The fraction of sp³-hybridized carbons (Fsp3) is 0.500. The second-order valence-electron chi connectivity index (χ2n) is 4.30. The average Bonchev–Trinajstić information content (AvgIpc) is 2.28. The van der Waals surface area contributed by atoms with E-state index in [1.165, 1.54) is 12.1 Å². The number of hydrogen-bond acceptors (Lipinski definition) is 3. The number of benzene rings is 1. The minimum atomic E-state index is -3.67. The molecule has 6 heteroatoms. The van der Waals surface area contributed by atoms with E-state index in [0.717, 1.165) is 6.07 Å². The molecule has 0 aliphatic heterocycles. The van der Waals surface area contributed by atoms with Crippen LogP contribution >= 0.6 is 0 Å². The van der Waals surface area contributed by atoms with Crippen LogP contribution in [0.2, 0.25) is 0 Å². The molecule has 1 rings (SSSR count). The molecule has 0 bridgehead atoms. The van der Waals surface area contributed by atoms with E-state index in [9.17, 15) is 12.8 Å². The van der Waals surface area contributed by atoms with Crippen LogP contribution in [0.1, 0.15) is 25.3 Å². The van der Waals surface area contributed by atoms with Gasteiger partial charge in [0.1, 0.15) is 5.82 Å². The van der Waals surface area contributed by atoms with E-state index in [-0.39, 0.29) is 11.4 Å². The highest BCUT2D eigenvalue weighted by atomic mass is 32.2. The van der Waals surface area contributed by atoms with Gasteiger partial charge >= 0.3 is 0 Å². The van der Waals surface area contributed by atoms with Crippen LogP contribution in [-0.2, 0) is 10.0 Å². The van der Waals surface area contributed by atoms with Gasteiger partial charge in [0.05, 0.1) is 11.0 Å². The lowest BCUT2D eigenvalue weighted by Gasteiger charge is -2.08. The Morgan fingerprint density at radius 1 is 1.44 bits per heavy atom. The summed E-state index contributed by atoms with van der Waals surface area (Å²) in [4.78, 5) is -0.0809. The van der Waals surface area contributed by atoms with E-state index in [0.29, 0.717) is 18.4 Å². The molecule has 0 aliphatic rings. The van der Waals surface area contributed by atoms with Gasteiger partial charge in [0.15, 0.2) is 0 Å². The quantitative estimate of drug-likeness (QED) is 0.775. The normalized spacial score (nSPS) is 13.6. The van der Waals surface area contributed by atoms with Gasteiger partial charge in [-0.1, -0.05) is 6.07 Å². The molecule has 0 heterocycles. The SMILES string of the molecule is Cc1ccc(S(=O)(=O)NCCCC(C)O)cc1F. The van der Waals surface area contributed by atoms with Gasteiger partial charge in [-0.3, -0.25) is 0 Å². The smallest absolute Gasteiger partial charge is 0.240 e. The Kier molecular flexibility index (Phi) is 5.25. The van der Waals surface area contributed by atoms with Crippen LogP contribution in [0, 0.1) is 12.7 Å². The maximum atomic E-state index is 13.3. The lowest BCUT2D eigenvalue weighted by atomic mass is 10.2. The monoisotopic (exact) mass is 275 g/mol. The van der Waals surface area contributed by atoms with Crippen molar-refractivity contribution >= 4 is 10.0 Å². The third kappa shape index (κ3) is 4.36. The third-order valence-electron chi connectivity index (χ3n) is 2.54. The van der Waals surface area contributed by atoms with Crippen molar-refractivity contribution in [2.45, 2.75) is 37.7 Å². The topological polar surface area (TPSA) is 66.4 Å². The molecular formula is C12H18FNO3S. The van der Waals surface area contributed by atoms with Crippen molar-refractivity contribution in [1.29, 1.82) is 0 Å². The molecule has 0 saturated carbocycles. The summed E-state index contributed by atoms with van der Waals surface area (Å²) in [6.45, 7) is 3.44. The van der Waals surface area contributed by atoms with Crippen molar-refractivity contribution in [2.24, 2.45) is 0 Å². The minimum Gasteiger partial charge on any atom is -0.393 e. The molecule has 0 fully saturated rings. The molecule has 102 valence electrons. The highest BCUT2D eigenvalue weighted by molar-refractivity contribution is 7.89. The summed E-state index contributed by atoms with van der Waals surface area (Å²) in [5.41, 5.74) is 0.406. The molecule has 0 aromatic heterocycles. The van der Waals surface area contributed by atoms with Gasteiger partial charge in [0.2, 0.25) is 10.0 Å². The maximum absolute atomic E-state index is 13.3. The van der Waals surface area contributed by atoms with Crippen LogP contribution in [0.15, 0.2) is 23.1 Å². The zero-order valence-corrected chi connectivity index (χ0v) is 11.3. The van der Waals surface area contributed by atoms with Crippen molar-refractivity contribution in [3.05, 3.63) is 29.6 Å². The van der Waals surface area contributed by atoms with Crippen molar-refractivity contribution < 1.29 is 17.9 Å². The summed E-state index contributed by atoms with van der Waals surface area (Å²) in [6.07, 6.45) is 0.599. The number of aliphatic hydroxyl groups is 1.